The first kappa shape index (κ1) is 12.9. The fourth-order valence-electron chi connectivity index (χ4n) is 1.92. The van der Waals surface area contributed by atoms with Crippen LogP contribution in [0.1, 0.15) is 49.0 Å². The number of benzene rings is 1. The molecule has 1 atom stereocenters. The second kappa shape index (κ2) is 5.78. The Morgan fingerprint density at radius 3 is 2.75 bits per heavy atom. The third-order valence-electron chi connectivity index (χ3n) is 2.82. The molecular formula is C14H19FO. The van der Waals surface area contributed by atoms with E-state index in [1.54, 1.807) is 6.07 Å². The van der Waals surface area contributed by atoms with E-state index >= 15 is 0 Å². The highest BCUT2D eigenvalue weighted by Gasteiger charge is 2.13. The topological polar surface area (TPSA) is 17.1 Å². The fraction of sp³-hybridized carbons (Fsp3) is 0.500. The van der Waals surface area contributed by atoms with Crippen molar-refractivity contribution in [1.82, 2.24) is 0 Å². The van der Waals surface area contributed by atoms with E-state index in [9.17, 15) is 9.18 Å². The Balaban J connectivity index is 2.76. The summed E-state index contributed by atoms with van der Waals surface area (Å²) in [6.45, 7) is 6.02. The number of carbonyl (C=O) groups excluding carboxylic acids is 1. The first-order valence-electron chi connectivity index (χ1n) is 5.84. The maximum Gasteiger partial charge on any atom is 0.163 e. The van der Waals surface area contributed by atoms with Crippen molar-refractivity contribution in [3.63, 3.8) is 0 Å². The van der Waals surface area contributed by atoms with Crippen LogP contribution in [-0.4, -0.2) is 5.78 Å². The van der Waals surface area contributed by atoms with Gasteiger partial charge in [-0.25, -0.2) is 4.39 Å². The summed E-state index contributed by atoms with van der Waals surface area (Å²) in [5.41, 5.74) is 1.39. The molecule has 0 fully saturated rings. The molecule has 88 valence electrons. The van der Waals surface area contributed by atoms with Gasteiger partial charge in [0.25, 0.3) is 0 Å². The highest BCUT2D eigenvalue weighted by molar-refractivity contribution is 5.97. The van der Waals surface area contributed by atoms with Crippen molar-refractivity contribution in [1.29, 1.82) is 0 Å². The van der Waals surface area contributed by atoms with Gasteiger partial charge in [0.15, 0.2) is 5.78 Å². The lowest BCUT2D eigenvalue weighted by atomic mass is 9.94. The molecule has 0 amide bonds. The normalized spacial score (nSPS) is 12.5. The summed E-state index contributed by atoms with van der Waals surface area (Å²) >= 11 is 0. The number of halogens is 1. The molecule has 0 aromatic heterocycles. The average molecular weight is 222 g/mol. The molecule has 0 saturated heterocycles. The van der Waals surface area contributed by atoms with Crippen LogP contribution in [0.4, 0.5) is 4.39 Å². The van der Waals surface area contributed by atoms with E-state index in [0.717, 1.165) is 18.4 Å². The monoisotopic (exact) mass is 222 g/mol. The zero-order valence-corrected chi connectivity index (χ0v) is 10.2. The highest BCUT2D eigenvalue weighted by Crippen LogP contribution is 2.17. The van der Waals surface area contributed by atoms with Crippen LogP contribution in [0.5, 0.6) is 0 Å². The van der Waals surface area contributed by atoms with Gasteiger partial charge < -0.3 is 0 Å². The minimum atomic E-state index is -0.336. The van der Waals surface area contributed by atoms with Crippen molar-refractivity contribution in [2.45, 2.75) is 40.0 Å². The molecule has 0 radical (unpaired) electrons. The van der Waals surface area contributed by atoms with E-state index in [4.69, 9.17) is 0 Å². The molecule has 1 nitrogen and oxygen atoms in total. The molecule has 1 aromatic rings. The summed E-state index contributed by atoms with van der Waals surface area (Å²) in [7, 11) is 0. The third-order valence-corrected chi connectivity index (χ3v) is 2.82. The van der Waals surface area contributed by atoms with Crippen molar-refractivity contribution >= 4 is 5.78 Å². The lowest BCUT2D eigenvalue weighted by Crippen LogP contribution is -2.08. The lowest BCUT2D eigenvalue weighted by molar-refractivity contribution is 0.0961. The second-order valence-electron chi connectivity index (χ2n) is 4.48. The minimum absolute atomic E-state index is 0.0537. The van der Waals surface area contributed by atoms with Gasteiger partial charge in [0.05, 0.1) is 0 Å². The van der Waals surface area contributed by atoms with Crippen LogP contribution in [0.25, 0.3) is 0 Å². The quantitative estimate of drug-likeness (QED) is 0.684. The molecule has 0 aliphatic rings. The molecule has 1 unspecified atom stereocenters. The smallest absolute Gasteiger partial charge is 0.163 e. The Morgan fingerprint density at radius 1 is 1.44 bits per heavy atom. The van der Waals surface area contributed by atoms with Crippen LogP contribution in [0, 0.1) is 18.7 Å². The van der Waals surface area contributed by atoms with Crippen LogP contribution in [0.2, 0.25) is 0 Å². The van der Waals surface area contributed by atoms with Gasteiger partial charge >= 0.3 is 0 Å². The predicted molar refractivity (Wildman–Crippen MR) is 64.2 cm³/mol. The molecule has 0 spiro atoms. The van der Waals surface area contributed by atoms with Gasteiger partial charge in [-0.1, -0.05) is 32.8 Å². The average Bonchev–Trinajstić information content (AvgIpc) is 2.21. The molecule has 0 aliphatic carbocycles. The Hall–Kier alpha value is -1.18. The molecule has 0 saturated carbocycles. The van der Waals surface area contributed by atoms with Crippen LogP contribution in [-0.2, 0) is 0 Å². The third kappa shape index (κ3) is 3.44. The van der Waals surface area contributed by atoms with E-state index < -0.39 is 0 Å². The van der Waals surface area contributed by atoms with Gasteiger partial charge in [0, 0.05) is 12.0 Å². The summed E-state index contributed by atoms with van der Waals surface area (Å²) in [6.07, 6.45) is 2.63. The van der Waals surface area contributed by atoms with Gasteiger partial charge in [0.1, 0.15) is 5.82 Å². The molecule has 1 aromatic carbocycles. The molecule has 0 N–H and O–H groups in total. The Labute approximate surface area is 96.7 Å². The van der Waals surface area contributed by atoms with E-state index in [-0.39, 0.29) is 11.6 Å². The first-order chi connectivity index (χ1) is 7.54. The van der Waals surface area contributed by atoms with Crippen LogP contribution >= 0.6 is 0 Å². The Kier molecular flexibility index (Phi) is 4.66. The molecule has 0 heterocycles. The summed E-state index contributed by atoms with van der Waals surface area (Å²) in [5.74, 6) is 0.0928. The van der Waals surface area contributed by atoms with Crippen molar-refractivity contribution in [2.75, 3.05) is 0 Å². The standard InChI is InChI=1S/C14H19FO/c1-4-5-10(2)8-14(16)13-9-12(15)7-6-11(13)3/h6-7,9-10H,4-5,8H2,1-3H3. The second-order valence-corrected chi connectivity index (χ2v) is 4.48. The number of Topliss-reactive ketones (excluding diaryl/α,β-unsaturated/α-hetero) is 1. The van der Waals surface area contributed by atoms with Crippen molar-refractivity contribution < 1.29 is 9.18 Å². The van der Waals surface area contributed by atoms with Crippen molar-refractivity contribution in [2.24, 2.45) is 5.92 Å². The van der Waals surface area contributed by atoms with E-state index in [1.165, 1.54) is 12.1 Å². The number of aryl methyl sites for hydroxylation is 1. The molecule has 0 aliphatic heterocycles. The largest absolute Gasteiger partial charge is 0.294 e. The maximum absolute atomic E-state index is 13.0. The predicted octanol–water partition coefficient (Wildman–Crippen LogP) is 4.14. The van der Waals surface area contributed by atoms with E-state index in [2.05, 4.69) is 13.8 Å². The maximum atomic E-state index is 13.0. The van der Waals surface area contributed by atoms with E-state index in [0.29, 0.717) is 17.9 Å². The fourth-order valence-corrected chi connectivity index (χ4v) is 1.92. The zero-order valence-electron chi connectivity index (χ0n) is 10.2. The van der Waals surface area contributed by atoms with Gasteiger partial charge in [-0.15, -0.1) is 0 Å². The minimum Gasteiger partial charge on any atom is -0.294 e. The molecule has 16 heavy (non-hydrogen) atoms. The number of hydrogen-bond donors (Lipinski definition) is 0. The number of rotatable bonds is 5. The SMILES string of the molecule is CCCC(C)CC(=O)c1cc(F)ccc1C. The van der Waals surface area contributed by atoms with Crippen LogP contribution in [0.3, 0.4) is 0 Å². The molecule has 1 rings (SSSR count). The lowest BCUT2D eigenvalue weighted by Gasteiger charge is -2.10. The van der Waals surface area contributed by atoms with Gasteiger partial charge in [-0.2, -0.15) is 0 Å². The Bertz CT molecular complexity index is 371. The van der Waals surface area contributed by atoms with Crippen LogP contribution < -0.4 is 0 Å². The van der Waals surface area contributed by atoms with E-state index in [1.807, 2.05) is 6.92 Å². The Morgan fingerprint density at radius 2 is 2.12 bits per heavy atom. The van der Waals surface area contributed by atoms with Crippen molar-refractivity contribution in [3.8, 4) is 0 Å². The highest BCUT2D eigenvalue weighted by atomic mass is 19.1. The van der Waals surface area contributed by atoms with Gasteiger partial charge in [0.2, 0.25) is 0 Å². The summed E-state index contributed by atoms with van der Waals surface area (Å²) in [4.78, 5) is 11.9. The first-order valence-corrected chi connectivity index (χ1v) is 5.84. The molecule has 2 heteroatoms. The molecular weight excluding hydrogens is 203 g/mol. The zero-order chi connectivity index (χ0) is 12.1. The van der Waals surface area contributed by atoms with Gasteiger partial charge in [-0.3, -0.25) is 4.79 Å². The summed E-state index contributed by atoms with van der Waals surface area (Å²) in [5, 5.41) is 0. The number of carbonyl (C=O) groups is 1. The molecule has 0 bridgehead atoms. The summed E-state index contributed by atoms with van der Waals surface area (Å²) < 4.78 is 13.0. The van der Waals surface area contributed by atoms with Crippen LogP contribution in [0.15, 0.2) is 18.2 Å². The van der Waals surface area contributed by atoms with Gasteiger partial charge in [-0.05, 0) is 30.5 Å². The summed E-state index contributed by atoms with van der Waals surface area (Å²) in [6, 6.07) is 4.39. The van der Waals surface area contributed by atoms with Crippen molar-refractivity contribution in [3.05, 3.63) is 35.1 Å². The number of ketones is 1. The number of hydrogen-bond acceptors (Lipinski definition) is 1.